The van der Waals surface area contributed by atoms with Crippen LogP contribution in [-0.2, 0) is 0 Å². The fourth-order valence-corrected chi connectivity index (χ4v) is 1.25. The monoisotopic (exact) mass is 204 g/mol. The highest BCUT2D eigenvalue weighted by molar-refractivity contribution is 5.49. The van der Waals surface area contributed by atoms with Gasteiger partial charge >= 0.3 is 0 Å². The molecular weight excluding hydrogens is 188 g/mol. The summed E-state index contributed by atoms with van der Waals surface area (Å²) in [6.07, 6.45) is 0.188. The molecule has 3 heteroatoms. The summed E-state index contributed by atoms with van der Waals surface area (Å²) in [5.74, 6) is 0.860. The first-order valence-corrected chi connectivity index (χ1v) is 4.98. The standard InChI is InChI=1S/C12H16N2O/c1-10(2)15-12-6-4-11(5-7-12)14(3)9-8-13/h4-7,10H,9H2,1-3H3. The van der Waals surface area contributed by atoms with Crippen LogP contribution in [0.15, 0.2) is 24.3 Å². The molecule has 0 saturated carbocycles. The molecule has 0 aliphatic carbocycles. The third-order valence-electron chi connectivity index (χ3n) is 1.96. The average Bonchev–Trinajstić information content (AvgIpc) is 2.18. The maximum Gasteiger partial charge on any atom is 0.119 e. The summed E-state index contributed by atoms with van der Waals surface area (Å²) in [6.45, 7) is 4.38. The minimum atomic E-state index is 0.188. The van der Waals surface area contributed by atoms with Crippen molar-refractivity contribution in [1.82, 2.24) is 0 Å². The predicted molar refractivity (Wildman–Crippen MR) is 61.1 cm³/mol. The lowest BCUT2D eigenvalue weighted by molar-refractivity contribution is 0.242. The van der Waals surface area contributed by atoms with Crippen LogP contribution in [0.4, 0.5) is 5.69 Å². The molecule has 0 spiro atoms. The van der Waals surface area contributed by atoms with Crippen LogP contribution in [0, 0.1) is 11.3 Å². The van der Waals surface area contributed by atoms with Crippen molar-refractivity contribution in [1.29, 1.82) is 5.26 Å². The maximum absolute atomic E-state index is 8.56. The Bertz CT molecular complexity index is 338. The third kappa shape index (κ3) is 3.51. The number of nitrogens with zero attached hydrogens (tertiary/aromatic N) is 2. The highest BCUT2D eigenvalue weighted by Crippen LogP contribution is 2.18. The van der Waals surface area contributed by atoms with Gasteiger partial charge in [0.25, 0.3) is 0 Å². The predicted octanol–water partition coefficient (Wildman–Crippen LogP) is 2.43. The Hall–Kier alpha value is -1.69. The van der Waals surface area contributed by atoms with Crippen molar-refractivity contribution in [2.75, 3.05) is 18.5 Å². The second-order valence-electron chi connectivity index (χ2n) is 3.67. The second kappa shape index (κ2) is 5.26. The van der Waals surface area contributed by atoms with Crippen molar-refractivity contribution >= 4 is 5.69 Å². The SMILES string of the molecule is CC(C)Oc1ccc(N(C)CC#N)cc1. The highest BCUT2D eigenvalue weighted by atomic mass is 16.5. The molecule has 3 nitrogen and oxygen atoms in total. The molecule has 0 heterocycles. The van der Waals surface area contributed by atoms with Crippen molar-refractivity contribution in [2.24, 2.45) is 0 Å². The Morgan fingerprint density at radius 2 is 1.93 bits per heavy atom. The van der Waals surface area contributed by atoms with Crippen LogP contribution in [0.3, 0.4) is 0 Å². The largest absolute Gasteiger partial charge is 0.491 e. The number of benzene rings is 1. The van der Waals surface area contributed by atoms with Crippen molar-refractivity contribution in [3.05, 3.63) is 24.3 Å². The van der Waals surface area contributed by atoms with E-state index in [1.54, 1.807) is 0 Å². The van der Waals surface area contributed by atoms with Gasteiger partial charge in [-0.2, -0.15) is 5.26 Å². The first kappa shape index (κ1) is 11.4. The number of hydrogen-bond acceptors (Lipinski definition) is 3. The molecule has 1 rings (SSSR count). The van der Waals surface area contributed by atoms with E-state index in [0.29, 0.717) is 6.54 Å². The Morgan fingerprint density at radius 3 is 2.40 bits per heavy atom. The van der Waals surface area contributed by atoms with Crippen LogP contribution in [0.5, 0.6) is 5.75 Å². The normalized spacial score (nSPS) is 9.80. The summed E-state index contributed by atoms with van der Waals surface area (Å²) >= 11 is 0. The molecule has 15 heavy (non-hydrogen) atoms. The Morgan fingerprint density at radius 1 is 1.33 bits per heavy atom. The van der Waals surface area contributed by atoms with Gasteiger partial charge in [-0.15, -0.1) is 0 Å². The molecular formula is C12H16N2O. The van der Waals surface area contributed by atoms with E-state index in [9.17, 15) is 0 Å². The number of rotatable bonds is 4. The fourth-order valence-electron chi connectivity index (χ4n) is 1.25. The molecule has 0 amide bonds. The van der Waals surface area contributed by atoms with Gasteiger partial charge in [0.2, 0.25) is 0 Å². The number of hydrogen-bond donors (Lipinski definition) is 0. The molecule has 1 aromatic rings. The second-order valence-corrected chi connectivity index (χ2v) is 3.67. The van der Waals surface area contributed by atoms with Gasteiger partial charge in [-0.3, -0.25) is 0 Å². The van der Waals surface area contributed by atoms with E-state index < -0.39 is 0 Å². The van der Waals surface area contributed by atoms with Crippen molar-refractivity contribution in [3.8, 4) is 11.8 Å². The zero-order valence-corrected chi connectivity index (χ0v) is 9.40. The smallest absolute Gasteiger partial charge is 0.119 e. The van der Waals surface area contributed by atoms with Crippen molar-refractivity contribution in [2.45, 2.75) is 20.0 Å². The van der Waals surface area contributed by atoms with E-state index in [1.165, 1.54) is 0 Å². The van der Waals surface area contributed by atoms with Gasteiger partial charge < -0.3 is 9.64 Å². The first-order chi connectivity index (χ1) is 7.13. The summed E-state index contributed by atoms with van der Waals surface area (Å²) < 4.78 is 5.53. The molecule has 0 aliphatic rings. The van der Waals surface area contributed by atoms with Gasteiger partial charge in [-0.05, 0) is 38.1 Å². The van der Waals surface area contributed by atoms with Crippen molar-refractivity contribution < 1.29 is 4.74 Å². The Balaban J connectivity index is 2.68. The first-order valence-electron chi connectivity index (χ1n) is 4.98. The Kier molecular flexibility index (Phi) is 3.99. The number of nitriles is 1. The van der Waals surface area contributed by atoms with Gasteiger partial charge in [0.1, 0.15) is 12.3 Å². The topological polar surface area (TPSA) is 36.3 Å². The third-order valence-corrected chi connectivity index (χ3v) is 1.96. The van der Waals surface area contributed by atoms with Crippen LogP contribution in [0.1, 0.15) is 13.8 Å². The zero-order chi connectivity index (χ0) is 11.3. The summed E-state index contributed by atoms with van der Waals surface area (Å²) in [7, 11) is 1.89. The Labute approximate surface area is 90.9 Å². The van der Waals surface area contributed by atoms with E-state index in [4.69, 9.17) is 10.00 Å². The van der Waals surface area contributed by atoms with Crippen LogP contribution in [-0.4, -0.2) is 19.7 Å². The van der Waals surface area contributed by atoms with Gasteiger partial charge in [0, 0.05) is 12.7 Å². The van der Waals surface area contributed by atoms with Crippen LogP contribution >= 0.6 is 0 Å². The van der Waals surface area contributed by atoms with E-state index in [-0.39, 0.29) is 6.10 Å². The molecule has 1 aromatic carbocycles. The van der Waals surface area contributed by atoms with Gasteiger partial charge in [-0.1, -0.05) is 0 Å². The molecule has 0 atom stereocenters. The molecule has 0 aromatic heterocycles. The summed E-state index contributed by atoms with van der Waals surface area (Å²) in [6, 6.07) is 9.85. The molecule has 0 radical (unpaired) electrons. The zero-order valence-electron chi connectivity index (χ0n) is 9.40. The molecule has 0 unspecified atom stereocenters. The molecule has 0 aliphatic heterocycles. The van der Waals surface area contributed by atoms with E-state index in [0.717, 1.165) is 11.4 Å². The fraction of sp³-hybridized carbons (Fsp3) is 0.417. The molecule has 80 valence electrons. The lowest BCUT2D eigenvalue weighted by atomic mass is 10.3. The minimum absolute atomic E-state index is 0.188. The van der Waals surface area contributed by atoms with Crippen LogP contribution in [0.25, 0.3) is 0 Å². The van der Waals surface area contributed by atoms with Crippen LogP contribution < -0.4 is 9.64 Å². The quantitative estimate of drug-likeness (QED) is 0.707. The molecule has 0 saturated heterocycles. The molecule has 0 fully saturated rings. The van der Waals surface area contributed by atoms with E-state index in [1.807, 2.05) is 50.1 Å². The number of anilines is 1. The lowest BCUT2D eigenvalue weighted by Crippen LogP contribution is -2.16. The van der Waals surface area contributed by atoms with Gasteiger partial charge in [-0.25, -0.2) is 0 Å². The van der Waals surface area contributed by atoms with Crippen molar-refractivity contribution in [3.63, 3.8) is 0 Å². The summed E-state index contributed by atoms with van der Waals surface area (Å²) in [5, 5.41) is 8.56. The average molecular weight is 204 g/mol. The lowest BCUT2D eigenvalue weighted by Gasteiger charge is -2.16. The van der Waals surface area contributed by atoms with E-state index >= 15 is 0 Å². The summed E-state index contributed by atoms with van der Waals surface area (Å²) in [4.78, 5) is 1.89. The minimum Gasteiger partial charge on any atom is -0.491 e. The van der Waals surface area contributed by atoms with Crippen LogP contribution in [0.2, 0.25) is 0 Å². The van der Waals surface area contributed by atoms with Gasteiger partial charge in [0.15, 0.2) is 0 Å². The molecule has 0 bridgehead atoms. The number of ether oxygens (including phenoxy) is 1. The summed E-state index contributed by atoms with van der Waals surface area (Å²) in [5.41, 5.74) is 1.02. The molecule has 0 N–H and O–H groups in total. The highest BCUT2D eigenvalue weighted by Gasteiger charge is 2.01. The maximum atomic E-state index is 8.56. The van der Waals surface area contributed by atoms with Gasteiger partial charge in [0.05, 0.1) is 12.2 Å². The van der Waals surface area contributed by atoms with E-state index in [2.05, 4.69) is 6.07 Å².